The quantitative estimate of drug-likeness (QED) is 0.675. The van der Waals surface area contributed by atoms with Crippen LogP contribution in [0, 0.1) is 0 Å². The molecule has 0 amide bonds. The normalized spacial score (nSPS) is 17.6. The van der Waals surface area contributed by atoms with Gasteiger partial charge in [-0.05, 0) is 31.0 Å². The number of hydrogen-bond acceptors (Lipinski definition) is 5. The Morgan fingerprint density at radius 2 is 1.77 bits per heavy atom. The number of ketones is 1. The first-order valence-electron chi connectivity index (χ1n) is 10.3. The monoisotopic (exact) mass is 417 g/mol. The van der Waals surface area contributed by atoms with Crippen LogP contribution < -0.4 is 20.3 Å². The van der Waals surface area contributed by atoms with E-state index in [1.54, 1.807) is 14.2 Å². The first kappa shape index (κ1) is 19.2. The summed E-state index contributed by atoms with van der Waals surface area (Å²) in [6.45, 7) is 0. The fourth-order valence-corrected chi connectivity index (χ4v) is 4.65. The number of nitrogens with one attached hydrogen (secondary N) is 2. The molecule has 2 aromatic carbocycles. The van der Waals surface area contributed by atoms with Gasteiger partial charge < -0.3 is 14.8 Å². The van der Waals surface area contributed by atoms with E-state index >= 15 is 0 Å². The molecular formula is C24H23N3O4. The summed E-state index contributed by atoms with van der Waals surface area (Å²) in [6.07, 6.45) is 2.00. The Labute approximate surface area is 179 Å². The van der Waals surface area contributed by atoms with Gasteiger partial charge in [0.1, 0.15) is 5.82 Å². The third-order valence-corrected chi connectivity index (χ3v) is 5.99. The molecule has 0 radical (unpaired) electrons. The number of allylic oxidation sites excluding steroid dienone is 2. The van der Waals surface area contributed by atoms with E-state index in [9.17, 15) is 9.59 Å². The maximum atomic E-state index is 13.6. The molecular weight excluding hydrogens is 394 g/mol. The Hall–Kier alpha value is -3.74. The van der Waals surface area contributed by atoms with Crippen LogP contribution in [-0.2, 0) is 4.79 Å². The van der Waals surface area contributed by atoms with E-state index in [2.05, 4.69) is 10.4 Å². The molecule has 0 saturated carbocycles. The van der Waals surface area contributed by atoms with Crippen molar-refractivity contribution >= 4 is 11.6 Å². The number of Topliss-reactive ketones (excluding diaryl/α,β-unsaturated/α-hetero) is 1. The van der Waals surface area contributed by atoms with Crippen LogP contribution in [0.2, 0.25) is 0 Å². The minimum atomic E-state index is -0.544. The molecule has 0 unspecified atom stereocenters. The highest BCUT2D eigenvalue weighted by Crippen LogP contribution is 2.48. The second-order valence-corrected chi connectivity index (χ2v) is 7.69. The number of rotatable bonds is 4. The summed E-state index contributed by atoms with van der Waals surface area (Å²) in [5.41, 5.74) is 3.27. The van der Waals surface area contributed by atoms with Gasteiger partial charge in [-0.15, -0.1) is 0 Å². The van der Waals surface area contributed by atoms with Crippen LogP contribution in [0.15, 0.2) is 64.6 Å². The Morgan fingerprint density at radius 1 is 0.968 bits per heavy atom. The molecule has 0 fully saturated rings. The average molecular weight is 417 g/mol. The van der Waals surface area contributed by atoms with Crippen LogP contribution in [0.1, 0.15) is 36.3 Å². The second-order valence-electron chi connectivity index (χ2n) is 7.69. The number of aromatic amines is 1. The molecule has 1 aliphatic carbocycles. The lowest BCUT2D eigenvalue weighted by Crippen LogP contribution is -2.30. The number of para-hydroxylation sites is 2. The number of carbonyl (C=O) groups excluding carboxylic acids is 1. The predicted octanol–water partition coefficient (Wildman–Crippen LogP) is 3.75. The number of carbonyl (C=O) groups is 1. The molecule has 5 rings (SSSR count). The zero-order valence-corrected chi connectivity index (χ0v) is 17.4. The second kappa shape index (κ2) is 7.50. The molecule has 158 valence electrons. The summed E-state index contributed by atoms with van der Waals surface area (Å²) in [4.78, 5) is 26.7. The molecule has 1 aromatic heterocycles. The lowest BCUT2D eigenvalue weighted by Gasteiger charge is -2.32. The van der Waals surface area contributed by atoms with E-state index in [0.717, 1.165) is 29.8 Å². The van der Waals surface area contributed by atoms with Crippen LogP contribution >= 0.6 is 0 Å². The minimum absolute atomic E-state index is 0.0566. The van der Waals surface area contributed by atoms with Crippen LogP contribution in [-0.4, -0.2) is 29.8 Å². The first-order valence-corrected chi connectivity index (χ1v) is 10.3. The van der Waals surface area contributed by atoms with Crippen LogP contribution in [0.5, 0.6) is 11.5 Å². The largest absolute Gasteiger partial charge is 0.493 e. The average Bonchev–Trinajstić information content (AvgIpc) is 3.14. The molecule has 0 bridgehead atoms. The van der Waals surface area contributed by atoms with E-state index in [4.69, 9.17) is 9.47 Å². The molecule has 7 nitrogen and oxygen atoms in total. The van der Waals surface area contributed by atoms with Gasteiger partial charge in [-0.25, -0.2) is 4.68 Å². The Morgan fingerprint density at radius 3 is 2.52 bits per heavy atom. The van der Waals surface area contributed by atoms with Crippen molar-refractivity contribution in [2.45, 2.75) is 25.2 Å². The van der Waals surface area contributed by atoms with Gasteiger partial charge in [-0.2, -0.15) is 0 Å². The fourth-order valence-electron chi connectivity index (χ4n) is 4.65. The number of aromatic nitrogens is 2. The van der Waals surface area contributed by atoms with Crippen molar-refractivity contribution < 1.29 is 14.3 Å². The third kappa shape index (κ3) is 2.96. The highest BCUT2D eigenvalue weighted by molar-refractivity contribution is 6.01. The maximum Gasteiger partial charge on any atom is 0.277 e. The van der Waals surface area contributed by atoms with Crippen molar-refractivity contribution in [1.29, 1.82) is 0 Å². The van der Waals surface area contributed by atoms with Gasteiger partial charge in [0.05, 0.1) is 31.4 Å². The molecule has 2 aliphatic rings. The van der Waals surface area contributed by atoms with Crippen molar-refractivity contribution in [1.82, 2.24) is 9.78 Å². The molecule has 1 aliphatic heterocycles. The molecule has 0 saturated heterocycles. The molecule has 1 atom stereocenters. The summed E-state index contributed by atoms with van der Waals surface area (Å²) in [7, 11) is 3.14. The smallest absolute Gasteiger partial charge is 0.277 e. The minimum Gasteiger partial charge on any atom is -0.493 e. The molecule has 0 spiro atoms. The Balaban J connectivity index is 1.79. The van der Waals surface area contributed by atoms with Crippen LogP contribution in [0.4, 0.5) is 5.82 Å². The third-order valence-electron chi connectivity index (χ3n) is 5.99. The van der Waals surface area contributed by atoms with Gasteiger partial charge in [0.2, 0.25) is 0 Å². The van der Waals surface area contributed by atoms with Gasteiger partial charge in [0, 0.05) is 23.3 Å². The van der Waals surface area contributed by atoms with Crippen LogP contribution in [0.3, 0.4) is 0 Å². The van der Waals surface area contributed by atoms with E-state index < -0.39 is 5.92 Å². The number of methoxy groups -OCH3 is 2. The molecule has 2 heterocycles. The number of nitrogens with zero attached hydrogens (tertiary/aromatic N) is 1. The van der Waals surface area contributed by atoms with Gasteiger partial charge in [-0.1, -0.05) is 30.3 Å². The summed E-state index contributed by atoms with van der Waals surface area (Å²) >= 11 is 0. The lowest BCUT2D eigenvalue weighted by molar-refractivity contribution is -0.116. The summed E-state index contributed by atoms with van der Waals surface area (Å²) in [5.74, 6) is 1.21. The fraction of sp³-hybridized carbons (Fsp3) is 0.250. The summed E-state index contributed by atoms with van der Waals surface area (Å²) < 4.78 is 12.7. The van der Waals surface area contributed by atoms with Crippen molar-refractivity contribution in [3.63, 3.8) is 0 Å². The van der Waals surface area contributed by atoms with Crippen LogP contribution in [0.25, 0.3) is 5.69 Å². The van der Waals surface area contributed by atoms with Crippen molar-refractivity contribution in [3.05, 3.63) is 81.3 Å². The predicted molar refractivity (Wildman–Crippen MR) is 117 cm³/mol. The maximum absolute atomic E-state index is 13.6. The van der Waals surface area contributed by atoms with Gasteiger partial charge >= 0.3 is 0 Å². The van der Waals surface area contributed by atoms with Crippen molar-refractivity contribution in [2.24, 2.45) is 0 Å². The zero-order chi connectivity index (χ0) is 21.5. The number of anilines is 1. The number of fused-ring (bicyclic) bond motifs is 1. The highest BCUT2D eigenvalue weighted by Gasteiger charge is 2.40. The highest BCUT2D eigenvalue weighted by atomic mass is 16.5. The van der Waals surface area contributed by atoms with Gasteiger partial charge in [0.25, 0.3) is 5.56 Å². The first-order chi connectivity index (χ1) is 15.1. The number of benzene rings is 2. The Kier molecular flexibility index (Phi) is 4.66. The van der Waals surface area contributed by atoms with Gasteiger partial charge in [-0.3, -0.25) is 14.7 Å². The van der Waals surface area contributed by atoms with E-state index in [-0.39, 0.29) is 11.3 Å². The molecule has 31 heavy (non-hydrogen) atoms. The van der Waals surface area contributed by atoms with Gasteiger partial charge in [0.15, 0.2) is 17.3 Å². The summed E-state index contributed by atoms with van der Waals surface area (Å²) in [6, 6.07) is 14.9. The lowest BCUT2D eigenvalue weighted by atomic mass is 9.76. The molecule has 3 aromatic rings. The number of hydrogen-bond donors (Lipinski definition) is 2. The van der Waals surface area contributed by atoms with Crippen molar-refractivity contribution in [3.8, 4) is 17.2 Å². The summed E-state index contributed by atoms with van der Waals surface area (Å²) in [5, 5.41) is 6.54. The molecule has 2 N–H and O–H groups in total. The zero-order valence-electron chi connectivity index (χ0n) is 17.4. The van der Waals surface area contributed by atoms with E-state index in [0.29, 0.717) is 34.9 Å². The molecule has 7 heteroatoms. The standard InChI is InChI=1S/C24H23N3O4/c1-30-18-13-6-10-15(22(18)31-2)19-20-16(11-7-12-17(20)28)25-23-21(19)24(29)27(26-23)14-8-4-3-5-9-14/h3-6,8-10,13,19,25-26H,7,11-12H2,1-2H3/t19-/m0/s1. The Bertz CT molecular complexity index is 1250. The number of ether oxygens (including phenoxy) is 2. The topological polar surface area (TPSA) is 85.4 Å². The SMILES string of the molecule is COc1cccc([C@H]2C3=C(CCCC3=O)Nc3[nH]n(-c4ccccc4)c(=O)c32)c1OC. The number of H-pyrrole nitrogens is 1. The van der Waals surface area contributed by atoms with Crippen molar-refractivity contribution in [2.75, 3.05) is 19.5 Å². The van der Waals surface area contributed by atoms with E-state index in [1.165, 1.54) is 4.68 Å². The van der Waals surface area contributed by atoms with E-state index in [1.807, 2.05) is 48.5 Å².